The van der Waals surface area contributed by atoms with Crippen LogP contribution in [0.4, 0.5) is 0 Å². The number of phenolic OH excluding ortho intramolecular Hbond substituents is 2. The van der Waals surface area contributed by atoms with Crippen LogP contribution >= 0.6 is 0 Å². The summed E-state index contributed by atoms with van der Waals surface area (Å²) in [5.74, 6) is -1.80. The molecule has 0 atom stereocenters. The van der Waals surface area contributed by atoms with Gasteiger partial charge in [-0.1, -0.05) is 0 Å². The van der Waals surface area contributed by atoms with Crippen molar-refractivity contribution in [3.05, 3.63) is 22.8 Å². The molecule has 1 aliphatic rings. The fraction of sp³-hybridized carbons (Fsp3) is 0.273. The second-order valence-electron chi connectivity index (χ2n) is 3.72. The molecule has 0 aromatic heterocycles. The van der Waals surface area contributed by atoms with E-state index in [4.69, 9.17) is 5.11 Å². The van der Waals surface area contributed by atoms with E-state index in [1.165, 1.54) is 0 Å². The van der Waals surface area contributed by atoms with Crippen LogP contribution in [0.15, 0.2) is 6.07 Å². The summed E-state index contributed by atoms with van der Waals surface area (Å²) in [6, 6.07) is 1.15. The molecule has 90 valence electrons. The number of phenols is 2. The topological polar surface area (TPSA) is 107 Å². The maximum atomic E-state index is 11.6. The summed E-state index contributed by atoms with van der Waals surface area (Å²) in [7, 11) is 0. The van der Waals surface area contributed by atoms with Gasteiger partial charge in [0, 0.05) is 18.5 Å². The lowest BCUT2D eigenvalue weighted by atomic mass is 9.99. The Kier molecular flexibility index (Phi) is 2.72. The van der Waals surface area contributed by atoms with E-state index in [0.717, 1.165) is 6.07 Å². The first-order valence-electron chi connectivity index (χ1n) is 5.06. The summed E-state index contributed by atoms with van der Waals surface area (Å²) in [6.07, 6.45) is -0.193. The van der Waals surface area contributed by atoms with Crippen LogP contribution in [-0.2, 0) is 6.54 Å². The Morgan fingerprint density at radius 3 is 2.76 bits per heavy atom. The lowest BCUT2D eigenvalue weighted by Gasteiger charge is -2.09. The number of aliphatic hydroxyl groups excluding tert-OH is 1. The van der Waals surface area contributed by atoms with Gasteiger partial charge in [-0.05, 0) is 6.07 Å². The van der Waals surface area contributed by atoms with Crippen LogP contribution in [0, 0.1) is 0 Å². The summed E-state index contributed by atoms with van der Waals surface area (Å²) < 4.78 is 0. The van der Waals surface area contributed by atoms with Crippen molar-refractivity contribution in [1.29, 1.82) is 0 Å². The van der Waals surface area contributed by atoms with Gasteiger partial charge >= 0.3 is 0 Å². The van der Waals surface area contributed by atoms with Crippen molar-refractivity contribution in [3.8, 4) is 11.5 Å². The molecule has 0 bridgehead atoms. The third-order valence-electron chi connectivity index (χ3n) is 2.67. The SMILES string of the molecule is O=C1NCc2c1cc(O)c(C(=O)CCO)c2O. The number of fused-ring (bicyclic) bond motifs is 1. The zero-order chi connectivity index (χ0) is 12.6. The molecule has 17 heavy (non-hydrogen) atoms. The van der Waals surface area contributed by atoms with Crippen LogP contribution in [0.25, 0.3) is 0 Å². The highest BCUT2D eigenvalue weighted by molar-refractivity contribution is 6.06. The van der Waals surface area contributed by atoms with Gasteiger partial charge in [0.25, 0.3) is 5.91 Å². The molecule has 0 saturated carbocycles. The molecular weight excluding hydrogens is 226 g/mol. The molecule has 6 heteroatoms. The van der Waals surface area contributed by atoms with Crippen molar-refractivity contribution in [3.63, 3.8) is 0 Å². The van der Waals surface area contributed by atoms with E-state index >= 15 is 0 Å². The van der Waals surface area contributed by atoms with Gasteiger partial charge in [-0.3, -0.25) is 9.59 Å². The molecular formula is C11H11NO5. The molecule has 2 rings (SSSR count). The quantitative estimate of drug-likeness (QED) is 0.549. The molecule has 1 aromatic carbocycles. The largest absolute Gasteiger partial charge is 0.507 e. The van der Waals surface area contributed by atoms with Crippen molar-refractivity contribution < 1.29 is 24.9 Å². The Morgan fingerprint density at radius 1 is 1.41 bits per heavy atom. The van der Waals surface area contributed by atoms with Crippen molar-refractivity contribution in [2.24, 2.45) is 0 Å². The van der Waals surface area contributed by atoms with Gasteiger partial charge < -0.3 is 20.6 Å². The standard InChI is InChI=1S/C11H11NO5/c13-2-1-7(14)9-8(15)3-5-6(10(9)16)4-12-11(5)17/h3,13,15-16H,1-2,4H2,(H,12,17). The normalized spacial score (nSPS) is 13.4. The lowest BCUT2D eigenvalue weighted by Crippen LogP contribution is -2.12. The summed E-state index contributed by atoms with van der Waals surface area (Å²) in [5, 5.41) is 30.6. The van der Waals surface area contributed by atoms with Gasteiger partial charge in [-0.2, -0.15) is 0 Å². The number of ketones is 1. The minimum absolute atomic E-state index is 0.125. The number of hydrogen-bond acceptors (Lipinski definition) is 5. The molecule has 0 unspecified atom stereocenters. The monoisotopic (exact) mass is 237 g/mol. The van der Waals surface area contributed by atoms with E-state index < -0.39 is 23.2 Å². The molecule has 0 aliphatic carbocycles. The summed E-state index contributed by atoms with van der Waals surface area (Å²) >= 11 is 0. The summed E-state index contributed by atoms with van der Waals surface area (Å²) in [5.41, 5.74) is 0.226. The second-order valence-corrected chi connectivity index (χ2v) is 3.72. The van der Waals surface area contributed by atoms with Crippen LogP contribution in [-0.4, -0.2) is 33.6 Å². The number of amides is 1. The van der Waals surface area contributed by atoms with E-state index in [1.807, 2.05) is 0 Å². The third-order valence-corrected chi connectivity index (χ3v) is 2.67. The molecule has 4 N–H and O–H groups in total. The molecule has 1 heterocycles. The first-order valence-corrected chi connectivity index (χ1v) is 5.06. The van der Waals surface area contributed by atoms with Crippen molar-refractivity contribution in [2.75, 3.05) is 6.61 Å². The van der Waals surface area contributed by atoms with Crippen molar-refractivity contribution in [2.45, 2.75) is 13.0 Å². The first-order chi connectivity index (χ1) is 8.06. The Morgan fingerprint density at radius 2 is 2.12 bits per heavy atom. The predicted octanol–water partition coefficient (Wildman–Crippen LogP) is -0.0937. The third kappa shape index (κ3) is 1.72. The van der Waals surface area contributed by atoms with Crippen LogP contribution in [0.3, 0.4) is 0 Å². The molecule has 1 aromatic rings. The summed E-state index contributed by atoms with van der Waals surface area (Å²) in [4.78, 5) is 22.9. The van der Waals surface area contributed by atoms with E-state index in [1.54, 1.807) is 0 Å². The van der Waals surface area contributed by atoms with Gasteiger partial charge in [-0.15, -0.1) is 0 Å². The van der Waals surface area contributed by atoms with Gasteiger partial charge in [0.1, 0.15) is 17.1 Å². The Labute approximate surface area is 96.5 Å². The Bertz CT molecular complexity index is 509. The highest BCUT2D eigenvalue weighted by Gasteiger charge is 2.28. The Balaban J connectivity index is 2.56. The number of aliphatic hydroxyl groups is 1. The molecule has 0 spiro atoms. The fourth-order valence-corrected chi connectivity index (χ4v) is 1.84. The molecule has 0 saturated heterocycles. The van der Waals surface area contributed by atoms with E-state index in [0.29, 0.717) is 5.56 Å². The molecule has 0 fully saturated rings. The number of Topliss-reactive ketones (excluding diaryl/α,β-unsaturated/α-hetero) is 1. The van der Waals surface area contributed by atoms with Gasteiger partial charge in [-0.25, -0.2) is 0 Å². The zero-order valence-corrected chi connectivity index (χ0v) is 8.86. The van der Waals surface area contributed by atoms with Crippen LogP contribution in [0.1, 0.15) is 32.7 Å². The predicted molar refractivity (Wildman–Crippen MR) is 57.0 cm³/mol. The number of carbonyl (C=O) groups is 2. The lowest BCUT2D eigenvalue weighted by molar-refractivity contribution is 0.0944. The second kappa shape index (κ2) is 4.06. The molecule has 1 aliphatic heterocycles. The van der Waals surface area contributed by atoms with Gasteiger partial charge in [0.05, 0.1) is 12.2 Å². The maximum Gasteiger partial charge on any atom is 0.252 e. The highest BCUT2D eigenvalue weighted by atomic mass is 16.3. The van der Waals surface area contributed by atoms with Gasteiger partial charge in [0.2, 0.25) is 0 Å². The number of hydrogen-bond donors (Lipinski definition) is 4. The van der Waals surface area contributed by atoms with Crippen LogP contribution < -0.4 is 5.32 Å². The van der Waals surface area contributed by atoms with E-state index in [-0.39, 0.29) is 30.7 Å². The highest BCUT2D eigenvalue weighted by Crippen LogP contribution is 2.36. The molecule has 6 nitrogen and oxygen atoms in total. The fourth-order valence-electron chi connectivity index (χ4n) is 1.84. The van der Waals surface area contributed by atoms with Crippen LogP contribution in [0.5, 0.6) is 11.5 Å². The van der Waals surface area contributed by atoms with Crippen molar-refractivity contribution >= 4 is 11.7 Å². The number of aromatic hydroxyl groups is 2. The smallest absolute Gasteiger partial charge is 0.252 e. The maximum absolute atomic E-state index is 11.6. The average Bonchev–Trinajstić information content (AvgIpc) is 2.61. The number of rotatable bonds is 3. The minimum atomic E-state index is -0.565. The minimum Gasteiger partial charge on any atom is -0.507 e. The zero-order valence-electron chi connectivity index (χ0n) is 8.86. The molecule has 1 amide bonds. The number of carbonyl (C=O) groups excluding carboxylic acids is 2. The molecule has 0 radical (unpaired) electrons. The van der Waals surface area contributed by atoms with E-state index in [9.17, 15) is 19.8 Å². The number of nitrogens with one attached hydrogen (secondary N) is 1. The Hall–Kier alpha value is -2.08. The van der Waals surface area contributed by atoms with Gasteiger partial charge in [0.15, 0.2) is 5.78 Å². The van der Waals surface area contributed by atoms with Crippen molar-refractivity contribution in [1.82, 2.24) is 5.32 Å². The number of benzene rings is 1. The average molecular weight is 237 g/mol. The summed E-state index contributed by atoms with van der Waals surface area (Å²) in [6.45, 7) is -0.244. The first kappa shape index (κ1) is 11.4. The van der Waals surface area contributed by atoms with E-state index in [2.05, 4.69) is 5.32 Å². The van der Waals surface area contributed by atoms with Crippen LogP contribution in [0.2, 0.25) is 0 Å².